The summed E-state index contributed by atoms with van der Waals surface area (Å²) in [5.41, 5.74) is 4.03. The van der Waals surface area contributed by atoms with Gasteiger partial charge in [-0.2, -0.15) is 0 Å². The Kier molecular flexibility index (Phi) is 7.13. The zero-order valence-electron chi connectivity index (χ0n) is 20.7. The minimum Gasteiger partial charge on any atom is -0.379 e. The standard InChI is InChI=1S/C27H30N4O4S/c1-18-15-19(2)25-22(16-18)36-27(28-25)30(10-4-9-29-11-13-35-14-12-29)26(34)20-5-3-6-21(17-20)31-23(32)7-8-24(31)33/h3,5-6,15-17H,4,7-14H2,1-2H3. The molecule has 3 aromatic rings. The average Bonchev–Trinajstić information content (AvgIpc) is 3.45. The fourth-order valence-corrected chi connectivity index (χ4v) is 6.00. The molecule has 9 heteroatoms. The van der Waals surface area contributed by atoms with Crippen molar-refractivity contribution in [2.45, 2.75) is 33.1 Å². The molecule has 188 valence electrons. The molecule has 36 heavy (non-hydrogen) atoms. The van der Waals surface area contributed by atoms with Crippen LogP contribution in [-0.2, 0) is 14.3 Å². The second-order valence-corrected chi connectivity index (χ2v) is 10.4. The first-order valence-corrected chi connectivity index (χ1v) is 13.2. The number of rotatable bonds is 7. The zero-order chi connectivity index (χ0) is 25.2. The Morgan fingerprint density at radius 1 is 1.08 bits per heavy atom. The van der Waals surface area contributed by atoms with Gasteiger partial charge in [0.2, 0.25) is 11.8 Å². The number of ether oxygens (including phenoxy) is 1. The minimum atomic E-state index is -0.232. The first-order valence-electron chi connectivity index (χ1n) is 12.4. The number of amides is 3. The SMILES string of the molecule is Cc1cc(C)c2nc(N(CCCN3CCOCC3)C(=O)c3cccc(N4C(=O)CCC4=O)c3)sc2c1. The number of nitrogens with zero attached hydrogens (tertiary/aromatic N) is 4. The number of benzene rings is 2. The van der Waals surface area contributed by atoms with Gasteiger partial charge in [0, 0.05) is 44.6 Å². The van der Waals surface area contributed by atoms with Crippen LogP contribution in [0.5, 0.6) is 0 Å². The van der Waals surface area contributed by atoms with Gasteiger partial charge in [-0.3, -0.25) is 29.1 Å². The van der Waals surface area contributed by atoms with E-state index in [1.165, 1.54) is 16.2 Å². The topological polar surface area (TPSA) is 83.1 Å². The van der Waals surface area contributed by atoms with Gasteiger partial charge < -0.3 is 4.74 Å². The summed E-state index contributed by atoms with van der Waals surface area (Å²) in [7, 11) is 0. The predicted molar refractivity (Wildman–Crippen MR) is 141 cm³/mol. The molecule has 8 nitrogen and oxygen atoms in total. The van der Waals surface area contributed by atoms with Crippen molar-refractivity contribution < 1.29 is 19.1 Å². The molecule has 2 aliphatic rings. The molecule has 1 aromatic heterocycles. The lowest BCUT2D eigenvalue weighted by atomic mass is 10.1. The van der Waals surface area contributed by atoms with Crippen LogP contribution in [-0.4, -0.2) is 67.0 Å². The van der Waals surface area contributed by atoms with Crippen LogP contribution in [0.2, 0.25) is 0 Å². The van der Waals surface area contributed by atoms with E-state index < -0.39 is 0 Å². The molecule has 2 aromatic carbocycles. The Balaban J connectivity index is 1.44. The Bertz CT molecular complexity index is 1300. The van der Waals surface area contributed by atoms with Crippen molar-refractivity contribution in [2.75, 3.05) is 49.2 Å². The van der Waals surface area contributed by atoms with E-state index in [4.69, 9.17) is 9.72 Å². The lowest BCUT2D eigenvalue weighted by Crippen LogP contribution is -2.39. The van der Waals surface area contributed by atoms with Gasteiger partial charge in [-0.1, -0.05) is 23.5 Å². The van der Waals surface area contributed by atoms with E-state index in [0.717, 1.165) is 60.6 Å². The number of carbonyl (C=O) groups excluding carboxylic acids is 3. The monoisotopic (exact) mass is 506 g/mol. The fraction of sp³-hybridized carbons (Fsp3) is 0.407. The van der Waals surface area contributed by atoms with Crippen LogP contribution in [0.25, 0.3) is 10.2 Å². The van der Waals surface area contributed by atoms with Gasteiger partial charge in [-0.05, 0) is 55.7 Å². The van der Waals surface area contributed by atoms with E-state index in [1.54, 1.807) is 29.2 Å². The van der Waals surface area contributed by atoms with Crippen LogP contribution in [0.15, 0.2) is 36.4 Å². The third-order valence-corrected chi connectivity index (χ3v) is 7.68. The summed E-state index contributed by atoms with van der Waals surface area (Å²) in [5, 5.41) is 0.657. The smallest absolute Gasteiger partial charge is 0.260 e. The molecule has 3 amide bonds. The van der Waals surface area contributed by atoms with Gasteiger partial charge in [0.05, 0.1) is 29.1 Å². The van der Waals surface area contributed by atoms with Crippen LogP contribution in [0.3, 0.4) is 0 Å². The number of fused-ring (bicyclic) bond motifs is 1. The van der Waals surface area contributed by atoms with Gasteiger partial charge in [0.1, 0.15) is 0 Å². The second-order valence-electron chi connectivity index (χ2n) is 9.36. The maximum Gasteiger partial charge on any atom is 0.260 e. The maximum atomic E-state index is 13.9. The van der Waals surface area contributed by atoms with Crippen LogP contribution < -0.4 is 9.80 Å². The van der Waals surface area contributed by atoms with E-state index in [1.807, 2.05) is 6.92 Å². The number of carbonyl (C=O) groups is 3. The van der Waals surface area contributed by atoms with Crippen molar-refractivity contribution in [3.05, 3.63) is 53.1 Å². The average molecular weight is 507 g/mol. The highest BCUT2D eigenvalue weighted by molar-refractivity contribution is 7.22. The summed E-state index contributed by atoms with van der Waals surface area (Å²) in [6.07, 6.45) is 1.20. The molecule has 0 atom stereocenters. The Morgan fingerprint density at radius 3 is 2.58 bits per heavy atom. The van der Waals surface area contributed by atoms with Gasteiger partial charge in [-0.15, -0.1) is 0 Å². The molecule has 0 radical (unpaired) electrons. The van der Waals surface area contributed by atoms with Crippen LogP contribution >= 0.6 is 11.3 Å². The van der Waals surface area contributed by atoms with Gasteiger partial charge >= 0.3 is 0 Å². The first-order chi connectivity index (χ1) is 17.4. The molecular formula is C27H30N4O4S. The highest BCUT2D eigenvalue weighted by atomic mass is 32.1. The lowest BCUT2D eigenvalue weighted by Gasteiger charge is -2.28. The summed E-state index contributed by atoms with van der Waals surface area (Å²) < 4.78 is 6.50. The Morgan fingerprint density at radius 2 is 1.83 bits per heavy atom. The first kappa shape index (κ1) is 24.5. The molecule has 5 rings (SSSR count). The fourth-order valence-electron chi connectivity index (χ4n) is 4.83. The van der Waals surface area contributed by atoms with Crippen LogP contribution in [0, 0.1) is 13.8 Å². The second kappa shape index (κ2) is 10.5. The molecule has 0 saturated carbocycles. The zero-order valence-corrected chi connectivity index (χ0v) is 21.5. The summed E-state index contributed by atoms with van der Waals surface area (Å²) >= 11 is 1.51. The van der Waals surface area contributed by atoms with E-state index in [9.17, 15) is 14.4 Å². The highest BCUT2D eigenvalue weighted by Crippen LogP contribution is 2.33. The van der Waals surface area contributed by atoms with Crippen LogP contribution in [0.4, 0.5) is 10.8 Å². The summed E-state index contributed by atoms with van der Waals surface area (Å²) in [4.78, 5) is 48.5. The minimum absolute atomic E-state index is 0.189. The van der Waals surface area contributed by atoms with Gasteiger partial charge in [-0.25, -0.2) is 4.98 Å². The third-order valence-electron chi connectivity index (χ3n) is 6.66. The normalized spacial score (nSPS) is 16.8. The van der Waals surface area contributed by atoms with Crippen molar-refractivity contribution in [2.24, 2.45) is 0 Å². The molecule has 0 spiro atoms. The molecule has 2 saturated heterocycles. The largest absolute Gasteiger partial charge is 0.379 e. The number of anilines is 2. The van der Waals surface area contributed by atoms with E-state index >= 15 is 0 Å². The van der Waals surface area contributed by atoms with Crippen molar-refractivity contribution >= 4 is 50.1 Å². The number of imide groups is 1. The van der Waals surface area contributed by atoms with E-state index in [-0.39, 0.29) is 30.6 Å². The molecule has 0 aliphatic carbocycles. The summed E-state index contributed by atoms with van der Waals surface area (Å²) in [5.74, 6) is -0.653. The molecule has 0 bridgehead atoms. The van der Waals surface area contributed by atoms with Gasteiger partial charge in [0.25, 0.3) is 5.91 Å². The van der Waals surface area contributed by atoms with Crippen molar-refractivity contribution in [3.8, 4) is 0 Å². The number of morpholine rings is 1. The van der Waals surface area contributed by atoms with Crippen molar-refractivity contribution in [1.29, 1.82) is 0 Å². The Hall–Kier alpha value is -3.14. The molecular weight excluding hydrogens is 476 g/mol. The quantitative estimate of drug-likeness (QED) is 0.452. The highest BCUT2D eigenvalue weighted by Gasteiger charge is 2.31. The van der Waals surface area contributed by atoms with Crippen molar-refractivity contribution in [1.82, 2.24) is 9.88 Å². The molecule has 3 heterocycles. The number of thiazole rings is 1. The number of hydrogen-bond acceptors (Lipinski definition) is 7. The van der Waals surface area contributed by atoms with Crippen LogP contribution in [0.1, 0.15) is 40.7 Å². The molecule has 2 aliphatic heterocycles. The summed E-state index contributed by atoms with van der Waals surface area (Å²) in [6.45, 7) is 8.74. The Labute approximate surface area is 214 Å². The van der Waals surface area contributed by atoms with Crippen molar-refractivity contribution in [3.63, 3.8) is 0 Å². The van der Waals surface area contributed by atoms with E-state index in [2.05, 4.69) is 24.0 Å². The summed E-state index contributed by atoms with van der Waals surface area (Å²) in [6, 6.07) is 11.0. The maximum absolute atomic E-state index is 13.9. The molecule has 2 fully saturated rings. The molecule has 0 unspecified atom stereocenters. The predicted octanol–water partition coefficient (Wildman–Crippen LogP) is 3.94. The molecule has 0 N–H and O–H groups in total. The number of hydrogen-bond donors (Lipinski definition) is 0. The lowest BCUT2D eigenvalue weighted by molar-refractivity contribution is -0.121. The van der Waals surface area contributed by atoms with E-state index in [0.29, 0.717) is 22.9 Å². The third kappa shape index (κ3) is 5.04. The number of aryl methyl sites for hydroxylation is 2. The van der Waals surface area contributed by atoms with Gasteiger partial charge in [0.15, 0.2) is 5.13 Å². The number of aromatic nitrogens is 1.